The van der Waals surface area contributed by atoms with Crippen LogP contribution in [0.4, 0.5) is 11.6 Å². The predicted molar refractivity (Wildman–Crippen MR) is 75.8 cm³/mol. The van der Waals surface area contributed by atoms with Crippen LogP contribution in [0, 0.1) is 5.92 Å². The van der Waals surface area contributed by atoms with Gasteiger partial charge in [0, 0.05) is 25.8 Å². The highest BCUT2D eigenvalue weighted by Crippen LogP contribution is 2.23. The first-order chi connectivity index (χ1) is 9.22. The summed E-state index contributed by atoms with van der Waals surface area (Å²) in [5.74, 6) is 8.51. The number of ether oxygens (including phenoxy) is 1. The van der Waals surface area contributed by atoms with Crippen molar-refractivity contribution in [3.05, 3.63) is 11.9 Å². The van der Waals surface area contributed by atoms with Crippen LogP contribution in [0.15, 0.2) is 6.07 Å². The van der Waals surface area contributed by atoms with E-state index in [1.165, 1.54) is 12.8 Å². The number of nitrogens with zero attached hydrogens (tertiary/aromatic N) is 3. The summed E-state index contributed by atoms with van der Waals surface area (Å²) >= 11 is 0. The minimum Gasteiger partial charge on any atom is -0.374 e. The molecule has 0 unspecified atom stereocenters. The Labute approximate surface area is 114 Å². The van der Waals surface area contributed by atoms with Crippen molar-refractivity contribution < 1.29 is 4.74 Å². The van der Waals surface area contributed by atoms with E-state index >= 15 is 0 Å². The van der Waals surface area contributed by atoms with Gasteiger partial charge in [0.2, 0.25) is 0 Å². The highest BCUT2D eigenvalue weighted by atomic mass is 16.5. The molecule has 0 aromatic carbocycles. The fourth-order valence-corrected chi connectivity index (χ4v) is 2.21. The van der Waals surface area contributed by atoms with Crippen molar-refractivity contribution in [2.75, 3.05) is 30.0 Å². The second-order valence-electron chi connectivity index (χ2n) is 4.98. The number of hydrazine groups is 1. The van der Waals surface area contributed by atoms with E-state index in [0.29, 0.717) is 24.9 Å². The van der Waals surface area contributed by atoms with Gasteiger partial charge in [-0.15, -0.1) is 0 Å². The molecule has 0 radical (unpaired) electrons. The van der Waals surface area contributed by atoms with Crippen molar-refractivity contribution in [2.24, 2.45) is 11.8 Å². The third kappa shape index (κ3) is 3.78. The van der Waals surface area contributed by atoms with E-state index < -0.39 is 0 Å². The summed E-state index contributed by atoms with van der Waals surface area (Å²) in [6.07, 6.45) is 2.41. The Morgan fingerprint density at radius 1 is 1.42 bits per heavy atom. The number of rotatable bonds is 5. The van der Waals surface area contributed by atoms with E-state index in [1.54, 1.807) is 0 Å². The summed E-state index contributed by atoms with van der Waals surface area (Å²) in [7, 11) is 0. The Morgan fingerprint density at radius 2 is 2.16 bits per heavy atom. The van der Waals surface area contributed by atoms with Gasteiger partial charge in [-0.05, 0) is 25.7 Å². The summed E-state index contributed by atoms with van der Waals surface area (Å²) < 4.78 is 5.37. The van der Waals surface area contributed by atoms with Gasteiger partial charge in [-0.3, -0.25) is 0 Å². The first-order valence-corrected chi connectivity index (χ1v) is 6.90. The van der Waals surface area contributed by atoms with Crippen molar-refractivity contribution in [3.8, 4) is 0 Å². The Morgan fingerprint density at radius 3 is 2.79 bits per heavy atom. The van der Waals surface area contributed by atoms with Gasteiger partial charge in [-0.1, -0.05) is 6.92 Å². The lowest BCUT2D eigenvalue weighted by Crippen LogP contribution is -2.33. The largest absolute Gasteiger partial charge is 0.374 e. The van der Waals surface area contributed by atoms with Crippen LogP contribution in [-0.4, -0.2) is 29.7 Å². The molecule has 6 heteroatoms. The molecule has 1 aliphatic rings. The lowest BCUT2D eigenvalue weighted by molar-refractivity contribution is 0.128. The van der Waals surface area contributed by atoms with Gasteiger partial charge >= 0.3 is 0 Å². The first kappa shape index (κ1) is 14.0. The van der Waals surface area contributed by atoms with E-state index in [2.05, 4.69) is 27.2 Å². The number of hydrogen-bond acceptors (Lipinski definition) is 6. The maximum absolute atomic E-state index is 5.47. The van der Waals surface area contributed by atoms with Gasteiger partial charge in [0.15, 0.2) is 5.82 Å². The van der Waals surface area contributed by atoms with Gasteiger partial charge < -0.3 is 15.1 Å². The lowest BCUT2D eigenvalue weighted by Gasteiger charge is -2.31. The molecule has 2 heterocycles. The number of piperidine rings is 1. The minimum absolute atomic E-state index is 0.420. The zero-order valence-electron chi connectivity index (χ0n) is 11.7. The number of nitrogen functional groups attached to an aromatic ring is 1. The van der Waals surface area contributed by atoms with Crippen LogP contribution in [-0.2, 0) is 11.3 Å². The van der Waals surface area contributed by atoms with Crippen molar-refractivity contribution in [1.29, 1.82) is 0 Å². The topological polar surface area (TPSA) is 76.3 Å². The molecule has 1 saturated heterocycles. The van der Waals surface area contributed by atoms with Crippen LogP contribution in [0.3, 0.4) is 0 Å². The first-order valence-electron chi connectivity index (χ1n) is 6.90. The van der Waals surface area contributed by atoms with E-state index in [1.807, 2.05) is 13.0 Å². The van der Waals surface area contributed by atoms with Gasteiger partial charge in [0.25, 0.3) is 0 Å². The molecule has 106 valence electrons. The Hall–Kier alpha value is -1.40. The Bertz CT molecular complexity index is 404. The number of nitrogens with one attached hydrogen (secondary N) is 1. The number of hydrogen-bond donors (Lipinski definition) is 2. The zero-order chi connectivity index (χ0) is 13.7. The van der Waals surface area contributed by atoms with Gasteiger partial charge in [-0.2, -0.15) is 0 Å². The number of anilines is 2. The number of nitrogens with two attached hydrogens (primary N) is 1. The minimum atomic E-state index is 0.420. The van der Waals surface area contributed by atoms with Gasteiger partial charge in [0.1, 0.15) is 18.2 Å². The fraction of sp³-hybridized carbons (Fsp3) is 0.692. The summed E-state index contributed by atoms with van der Waals surface area (Å²) in [5, 5.41) is 0. The molecule has 1 aromatic heterocycles. The standard InChI is InChI=1S/C13H23N5O/c1-3-19-9-12-15-11(17-14)8-13(16-12)18-6-4-10(2)5-7-18/h8,10H,3-7,9,14H2,1-2H3,(H,15,16,17). The van der Waals surface area contributed by atoms with Crippen LogP contribution >= 0.6 is 0 Å². The molecule has 1 fully saturated rings. The Kier molecular flexibility index (Phi) is 4.93. The van der Waals surface area contributed by atoms with Crippen molar-refractivity contribution >= 4 is 11.6 Å². The summed E-state index contributed by atoms with van der Waals surface area (Å²) in [6.45, 7) is 7.40. The third-order valence-corrected chi connectivity index (χ3v) is 3.45. The monoisotopic (exact) mass is 265 g/mol. The van der Waals surface area contributed by atoms with Crippen LogP contribution in [0.25, 0.3) is 0 Å². The quantitative estimate of drug-likeness (QED) is 0.621. The SMILES string of the molecule is CCOCc1nc(NN)cc(N2CCC(C)CC2)n1. The smallest absolute Gasteiger partial charge is 0.158 e. The zero-order valence-corrected chi connectivity index (χ0v) is 11.7. The van der Waals surface area contributed by atoms with E-state index in [0.717, 1.165) is 24.8 Å². The van der Waals surface area contributed by atoms with Crippen LogP contribution in [0.1, 0.15) is 32.5 Å². The molecule has 1 aliphatic heterocycles. The maximum atomic E-state index is 5.47. The molecule has 0 atom stereocenters. The molecule has 0 spiro atoms. The molecule has 6 nitrogen and oxygen atoms in total. The van der Waals surface area contributed by atoms with Crippen LogP contribution in [0.5, 0.6) is 0 Å². The molecule has 0 bridgehead atoms. The highest BCUT2D eigenvalue weighted by Gasteiger charge is 2.18. The van der Waals surface area contributed by atoms with E-state index in [4.69, 9.17) is 10.6 Å². The molecule has 0 saturated carbocycles. The molecular weight excluding hydrogens is 242 g/mol. The second kappa shape index (κ2) is 6.68. The molecule has 2 rings (SSSR count). The predicted octanol–water partition coefficient (Wildman–Crippen LogP) is 1.53. The van der Waals surface area contributed by atoms with Crippen molar-refractivity contribution in [3.63, 3.8) is 0 Å². The second-order valence-corrected chi connectivity index (χ2v) is 4.98. The Balaban J connectivity index is 2.14. The summed E-state index contributed by atoms with van der Waals surface area (Å²) in [4.78, 5) is 11.2. The highest BCUT2D eigenvalue weighted by molar-refractivity contribution is 5.49. The summed E-state index contributed by atoms with van der Waals surface area (Å²) in [6, 6.07) is 1.89. The lowest BCUT2D eigenvalue weighted by atomic mass is 9.99. The van der Waals surface area contributed by atoms with E-state index in [-0.39, 0.29) is 0 Å². The summed E-state index contributed by atoms with van der Waals surface area (Å²) in [5.41, 5.74) is 2.60. The van der Waals surface area contributed by atoms with Crippen LogP contribution in [0.2, 0.25) is 0 Å². The third-order valence-electron chi connectivity index (χ3n) is 3.45. The van der Waals surface area contributed by atoms with Crippen LogP contribution < -0.4 is 16.2 Å². The van der Waals surface area contributed by atoms with Crippen molar-refractivity contribution in [2.45, 2.75) is 33.3 Å². The number of aromatic nitrogens is 2. The average molecular weight is 265 g/mol. The van der Waals surface area contributed by atoms with Gasteiger partial charge in [-0.25, -0.2) is 15.8 Å². The molecular formula is C13H23N5O. The fourth-order valence-electron chi connectivity index (χ4n) is 2.21. The molecule has 1 aromatic rings. The van der Waals surface area contributed by atoms with Crippen molar-refractivity contribution in [1.82, 2.24) is 9.97 Å². The van der Waals surface area contributed by atoms with E-state index in [9.17, 15) is 0 Å². The normalized spacial score (nSPS) is 16.7. The molecule has 0 aliphatic carbocycles. The molecule has 0 amide bonds. The molecule has 3 N–H and O–H groups in total. The average Bonchev–Trinajstić information content (AvgIpc) is 2.45. The molecule has 19 heavy (non-hydrogen) atoms. The maximum Gasteiger partial charge on any atom is 0.158 e. The van der Waals surface area contributed by atoms with Gasteiger partial charge in [0.05, 0.1) is 0 Å².